The van der Waals surface area contributed by atoms with Crippen LogP contribution in [0.5, 0.6) is 23.0 Å². The van der Waals surface area contributed by atoms with E-state index in [9.17, 15) is 14.4 Å². The fourth-order valence-electron chi connectivity index (χ4n) is 3.77. The van der Waals surface area contributed by atoms with Crippen molar-refractivity contribution in [3.05, 3.63) is 108 Å². The molecule has 0 bridgehead atoms. The average Bonchev–Trinajstić information content (AvgIpc) is 2.95. The number of esters is 1. The number of amides is 2. The maximum absolute atomic E-state index is 12.3. The molecule has 0 unspecified atom stereocenters. The molecule has 8 heteroatoms. The van der Waals surface area contributed by atoms with Crippen LogP contribution in [0.4, 0.5) is 11.4 Å². The van der Waals surface area contributed by atoms with Gasteiger partial charge in [0, 0.05) is 17.8 Å². The first-order valence-electron chi connectivity index (χ1n) is 12.8. The quantitative estimate of drug-likeness (QED) is 0.204. The summed E-state index contributed by atoms with van der Waals surface area (Å²) in [6.45, 7) is 3.51. The number of anilines is 2. The number of ether oxygens (including phenoxy) is 3. The van der Waals surface area contributed by atoms with Gasteiger partial charge in [-0.1, -0.05) is 36.4 Å². The Morgan fingerprint density at radius 3 is 1.70 bits per heavy atom. The van der Waals surface area contributed by atoms with E-state index in [-0.39, 0.29) is 18.7 Å². The highest BCUT2D eigenvalue weighted by Gasteiger charge is 2.12. The molecule has 204 valence electrons. The molecule has 0 atom stereocenters. The van der Waals surface area contributed by atoms with Gasteiger partial charge in [0.05, 0.1) is 6.42 Å². The predicted molar refractivity (Wildman–Crippen MR) is 153 cm³/mol. The van der Waals surface area contributed by atoms with Gasteiger partial charge in [-0.2, -0.15) is 0 Å². The van der Waals surface area contributed by atoms with Crippen molar-refractivity contribution < 1.29 is 28.6 Å². The second kappa shape index (κ2) is 13.6. The Kier molecular flexibility index (Phi) is 9.50. The Balaban J connectivity index is 1.14. The summed E-state index contributed by atoms with van der Waals surface area (Å²) < 4.78 is 16.7. The van der Waals surface area contributed by atoms with Gasteiger partial charge in [0.2, 0.25) is 5.91 Å². The monoisotopic (exact) mass is 538 g/mol. The summed E-state index contributed by atoms with van der Waals surface area (Å²) in [6, 6.07) is 29.1. The molecule has 2 amide bonds. The second-order valence-electron chi connectivity index (χ2n) is 9.04. The summed E-state index contributed by atoms with van der Waals surface area (Å²) in [4.78, 5) is 36.4. The fraction of sp³-hybridized carbons (Fsp3) is 0.156. The minimum atomic E-state index is -0.644. The lowest BCUT2D eigenvalue weighted by molar-refractivity contribution is -0.147. The van der Waals surface area contributed by atoms with Crippen LogP contribution in [0, 0.1) is 13.8 Å². The third kappa shape index (κ3) is 8.46. The van der Waals surface area contributed by atoms with E-state index >= 15 is 0 Å². The van der Waals surface area contributed by atoms with Crippen LogP contribution >= 0.6 is 0 Å². The lowest BCUT2D eigenvalue weighted by atomic mass is 10.1. The van der Waals surface area contributed by atoms with Gasteiger partial charge in [0.15, 0.2) is 6.61 Å². The topological polar surface area (TPSA) is 103 Å². The molecular formula is C32H30N2O6. The van der Waals surface area contributed by atoms with Crippen LogP contribution in [0.3, 0.4) is 0 Å². The molecule has 0 aliphatic carbocycles. The van der Waals surface area contributed by atoms with Crippen molar-refractivity contribution in [2.24, 2.45) is 0 Å². The Morgan fingerprint density at radius 2 is 1.10 bits per heavy atom. The van der Waals surface area contributed by atoms with Crippen LogP contribution in [-0.2, 0) is 19.1 Å². The molecule has 40 heavy (non-hydrogen) atoms. The molecule has 4 rings (SSSR count). The maximum atomic E-state index is 12.3. The first-order valence-corrected chi connectivity index (χ1v) is 12.8. The number of carbonyl (C=O) groups is 3. The molecule has 0 heterocycles. The van der Waals surface area contributed by atoms with Gasteiger partial charge in [-0.15, -0.1) is 0 Å². The number of rotatable bonds is 11. The maximum Gasteiger partial charge on any atom is 0.306 e. The number of carbonyl (C=O) groups excluding carboxylic acids is 3. The average molecular weight is 539 g/mol. The molecule has 0 fully saturated rings. The number of benzene rings is 4. The minimum Gasteiger partial charge on any atom is -0.457 e. The molecule has 0 aromatic heterocycles. The molecule has 2 N–H and O–H groups in total. The fourth-order valence-corrected chi connectivity index (χ4v) is 3.77. The summed E-state index contributed by atoms with van der Waals surface area (Å²) >= 11 is 0. The first-order chi connectivity index (χ1) is 19.4. The Hall–Kier alpha value is -5.11. The summed E-state index contributed by atoms with van der Waals surface area (Å²) in [6.07, 6.45) is -0.234. The van der Waals surface area contributed by atoms with E-state index in [1.807, 2.05) is 62.4 Å². The van der Waals surface area contributed by atoms with Crippen LogP contribution in [-0.4, -0.2) is 24.4 Å². The normalized spacial score (nSPS) is 10.3. The smallest absolute Gasteiger partial charge is 0.306 e. The molecule has 8 nitrogen and oxygen atoms in total. The van der Waals surface area contributed by atoms with Crippen LogP contribution in [0.25, 0.3) is 0 Å². The van der Waals surface area contributed by atoms with E-state index in [1.165, 1.54) is 0 Å². The summed E-state index contributed by atoms with van der Waals surface area (Å²) in [7, 11) is 0. The third-order valence-corrected chi connectivity index (χ3v) is 5.80. The van der Waals surface area contributed by atoms with Crippen molar-refractivity contribution in [1.29, 1.82) is 0 Å². The Labute approximate surface area is 232 Å². The van der Waals surface area contributed by atoms with Crippen LogP contribution < -0.4 is 20.1 Å². The zero-order valence-electron chi connectivity index (χ0n) is 22.3. The summed E-state index contributed by atoms with van der Waals surface area (Å²) in [5.74, 6) is 1.30. The number of aryl methyl sites for hydroxylation is 2. The largest absolute Gasteiger partial charge is 0.457 e. The van der Waals surface area contributed by atoms with Gasteiger partial charge < -0.3 is 24.8 Å². The molecule has 0 radical (unpaired) electrons. The lowest BCUT2D eigenvalue weighted by Crippen LogP contribution is -2.21. The first kappa shape index (κ1) is 27.9. The molecule has 4 aromatic rings. The zero-order valence-corrected chi connectivity index (χ0v) is 22.3. The van der Waals surface area contributed by atoms with E-state index in [0.717, 1.165) is 16.9 Å². The molecule has 0 saturated heterocycles. The van der Waals surface area contributed by atoms with Gasteiger partial charge in [-0.25, -0.2) is 0 Å². The van der Waals surface area contributed by atoms with Crippen molar-refractivity contribution in [3.8, 4) is 23.0 Å². The van der Waals surface area contributed by atoms with E-state index < -0.39 is 18.5 Å². The lowest BCUT2D eigenvalue weighted by Gasteiger charge is -2.12. The van der Waals surface area contributed by atoms with E-state index in [0.29, 0.717) is 28.6 Å². The highest BCUT2D eigenvalue weighted by atomic mass is 16.5. The van der Waals surface area contributed by atoms with E-state index in [4.69, 9.17) is 14.2 Å². The number of hydrogen-bond acceptors (Lipinski definition) is 6. The summed E-state index contributed by atoms with van der Waals surface area (Å²) in [5, 5.41) is 5.39. The minimum absolute atomic E-state index is 0.0794. The highest BCUT2D eigenvalue weighted by molar-refractivity contribution is 5.94. The van der Waals surface area contributed by atoms with Crippen molar-refractivity contribution in [2.45, 2.75) is 26.7 Å². The zero-order chi connectivity index (χ0) is 28.3. The van der Waals surface area contributed by atoms with E-state index in [2.05, 4.69) is 10.6 Å². The SMILES string of the molecule is Cc1cccc(C)c1Oc1ccc(NC(=O)CCC(=O)OCC(=O)Nc2ccc(Oc3ccccc3)cc2)cc1. The van der Waals surface area contributed by atoms with Gasteiger partial charge in [0.1, 0.15) is 23.0 Å². The Bertz CT molecular complexity index is 1430. The van der Waals surface area contributed by atoms with Crippen molar-refractivity contribution in [2.75, 3.05) is 17.2 Å². The van der Waals surface area contributed by atoms with E-state index in [1.54, 1.807) is 48.5 Å². The summed E-state index contributed by atoms with van der Waals surface area (Å²) in [5.41, 5.74) is 3.17. The molecular weight excluding hydrogens is 508 g/mol. The van der Waals surface area contributed by atoms with Crippen LogP contribution in [0.2, 0.25) is 0 Å². The standard InChI is InChI=1S/C32H30N2O6/c1-22-7-6-8-23(2)32(22)40-28-17-13-24(14-18-28)33-29(35)19-20-31(37)38-21-30(36)34-25-11-15-27(16-12-25)39-26-9-4-3-5-10-26/h3-18H,19-21H2,1-2H3,(H,33,35)(H,34,36). The molecule has 0 spiro atoms. The number of hydrogen-bond donors (Lipinski definition) is 2. The highest BCUT2D eigenvalue weighted by Crippen LogP contribution is 2.29. The van der Waals surface area contributed by atoms with Crippen molar-refractivity contribution in [1.82, 2.24) is 0 Å². The van der Waals surface area contributed by atoms with Gasteiger partial charge in [-0.3, -0.25) is 14.4 Å². The number of para-hydroxylation sites is 2. The molecule has 0 saturated carbocycles. The molecule has 0 aliphatic rings. The Morgan fingerprint density at radius 1 is 0.575 bits per heavy atom. The second-order valence-corrected chi connectivity index (χ2v) is 9.04. The van der Waals surface area contributed by atoms with Crippen molar-refractivity contribution >= 4 is 29.2 Å². The van der Waals surface area contributed by atoms with Gasteiger partial charge in [-0.05, 0) is 85.6 Å². The third-order valence-electron chi connectivity index (χ3n) is 5.80. The predicted octanol–water partition coefficient (Wildman–Crippen LogP) is 6.79. The molecule has 4 aromatic carbocycles. The number of nitrogens with one attached hydrogen (secondary N) is 2. The van der Waals surface area contributed by atoms with Crippen molar-refractivity contribution in [3.63, 3.8) is 0 Å². The molecule has 0 aliphatic heterocycles. The van der Waals surface area contributed by atoms with Crippen LogP contribution in [0.15, 0.2) is 97.1 Å². The van der Waals surface area contributed by atoms with Gasteiger partial charge >= 0.3 is 5.97 Å². The van der Waals surface area contributed by atoms with Crippen LogP contribution in [0.1, 0.15) is 24.0 Å². The van der Waals surface area contributed by atoms with Gasteiger partial charge in [0.25, 0.3) is 5.91 Å².